The molecule has 0 radical (unpaired) electrons. The van der Waals surface area contributed by atoms with Crippen molar-refractivity contribution in [1.29, 1.82) is 0 Å². The molecular formula is C15H19BrN2O2. The number of rotatable bonds is 2. The number of amides is 1. The highest BCUT2D eigenvalue weighted by Crippen LogP contribution is 2.35. The Morgan fingerprint density at radius 2 is 2.35 bits per heavy atom. The molecule has 0 saturated carbocycles. The molecule has 1 amide bonds. The summed E-state index contributed by atoms with van der Waals surface area (Å²) in [7, 11) is 0. The molecule has 2 aliphatic heterocycles. The summed E-state index contributed by atoms with van der Waals surface area (Å²) in [4.78, 5) is 14.7. The lowest BCUT2D eigenvalue weighted by Gasteiger charge is -2.32. The molecule has 2 heterocycles. The highest BCUT2D eigenvalue weighted by atomic mass is 79.9. The smallest absolute Gasteiger partial charge is 0.245 e. The van der Waals surface area contributed by atoms with Crippen LogP contribution in [0.4, 0.5) is 0 Å². The van der Waals surface area contributed by atoms with E-state index in [1.807, 2.05) is 17.0 Å². The number of hydrogen-bond acceptors (Lipinski definition) is 3. The quantitative estimate of drug-likeness (QED) is 0.899. The van der Waals surface area contributed by atoms with Crippen molar-refractivity contribution in [2.45, 2.75) is 30.8 Å². The molecule has 0 aliphatic carbocycles. The van der Waals surface area contributed by atoms with Crippen LogP contribution in [0, 0.1) is 0 Å². The number of carbonyl (C=O) groups is 1. The zero-order chi connectivity index (χ0) is 14.2. The molecule has 1 aromatic rings. The van der Waals surface area contributed by atoms with Gasteiger partial charge in [-0.15, -0.1) is 0 Å². The molecule has 108 valence electrons. The first kappa shape index (κ1) is 14.0. The Morgan fingerprint density at radius 1 is 1.50 bits per heavy atom. The monoisotopic (exact) mass is 338 g/mol. The molecule has 0 bridgehead atoms. The SMILES string of the molecule is NC1(C(=O)N2CCCC2c2cccc(Br)c2)CCOC1. The van der Waals surface area contributed by atoms with Crippen LogP contribution in [0.1, 0.15) is 30.9 Å². The first-order valence-electron chi connectivity index (χ1n) is 7.03. The standard InChI is InChI=1S/C15H19BrN2O2/c16-12-4-1-3-11(9-12)13-5-2-7-18(13)14(19)15(17)6-8-20-10-15/h1,3-4,9,13H,2,5-8,10,17H2. The molecule has 20 heavy (non-hydrogen) atoms. The first-order valence-corrected chi connectivity index (χ1v) is 7.83. The third-order valence-electron chi connectivity index (χ3n) is 4.23. The van der Waals surface area contributed by atoms with Crippen LogP contribution in [0.5, 0.6) is 0 Å². The third-order valence-corrected chi connectivity index (χ3v) is 4.72. The van der Waals surface area contributed by atoms with Crippen molar-refractivity contribution in [3.8, 4) is 0 Å². The van der Waals surface area contributed by atoms with E-state index >= 15 is 0 Å². The van der Waals surface area contributed by atoms with Gasteiger partial charge in [0, 0.05) is 17.6 Å². The zero-order valence-electron chi connectivity index (χ0n) is 11.3. The van der Waals surface area contributed by atoms with Gasteiger partial charge in [-0.3, -0.25) is 4.79 Å². The van der Waals surface area contributed by atoms with E-state index in [1.54, 1.807) is 0 Å². The minimum Gasteiger partial charge on any atom is -0.379 e. The molecule has 4 nitrogen and oxygen atoms in total. The maximum absolute atomic E-state index is 12.7. The van der Waals surface area contributed by atoms with Crippen LogP contribution in [0.15, 0.2) is 28.7 Å². The topological polar surface area (TPSA) is 55.6 Å². The molecule has 2 saturated heterocycles. The number of hydrogen-bond donors (Lipinski definition) is 1. The van der Waals surface area contributed by atoms with Crippen molar-refractivity contribution in [3.05, 3.63) is 34.3 Å². The van der Waals surface area contributed by atoms with Gasteiger partial charge >= 0.3 is 0 Å². The largest absolute Gasteiger partial charge is 0.379 e. The lowest BCUT2D eigenvalue weighted by atomic mass is 9.96. The van der Waals surface area contributed by atoms with Crippen molar-refractivity contribution < 1.29 is 9.53 Å². The average Bonchev–Trinajstić information content (AvgIpc) is 3.07. The van der Waals surface area contributed by atoms with Crippen molar-refractivity contribution in [2.24, 2.45) is 5.73 Å². The summed E-state index contributed by atoms with van der Waals surface area (Å²) in [5.74, 6) is 0.0393. The number of nitrogens with two attached hydrogens (primary N) is 1. The summed E-state index contributed by atoms with van der Waals surface area (Å²) in [6, 6.07) is 8.32. The summed E-state index contributed by atoms with van der Waals surface area (Å²) in [6.07, 6.45) is 2.65. The summed E-state index contributed by atoms with van der Waals surface area (Å²) < 4.78 is 6.36. The molecular weight excluding hydrogens is 320 g/mol. The van der Waals surface area contributed by atoms with E-state index in [1.165, 1.54) is 5.56 Å². The number of carbonyl (C=O) groups excluding carboxylic acids is 1. The van der Waals surface area contributed by atoms with Gasteiger partial charge < -0.3 is 15.4 Å². The van der Waals surface area contributed by atoms with Crippen molar-refractivity contribution in [1.82, 2.24) is 4.90 Å². The highest BCUT2D eigenvalue weighted by molar-refractivity contribution is 9.10. The van der Waals surface area contributed by atoms with Crippen LogP contribution >= 0.6 is 15.9 Å². The van der Waals surface area contributed by atoms with Crippen LogP contribution in [-0.2, 0) is 9.53 Å². The molecule has 3 rings (SSSR count). The zero-order valence-corrected chi connectivity index (χ0v) is 12.9. The van der Waals surface area contributed by atoms with E-state index in [0.29, 0.717) is 19.6 Å². The van der Waals surface area contributed by atoms with E-state index in [9.17, 15) is 4.79 Å². The Balaban J connectivity index is 1.84. The fourth-order valence-electron chi connectivity index (χ4n) is 3.11. The summed E-state index contributed by atoms with van der Waals surface area (Å²) in [5, 5.41) is 0. The van der Waals surface area contributed by atoms with Gasteiger partial charge in [0.15, 0.2) is 0 Å². The minimum atomic E-state index is -0.825. The van der Waals surface area contributed by atoms with Crippen molar-refractivity contribution in [3.63, 3.8) is 0 Å². The Kier molecular flexibility index (Phi) is 3.84. The van der Waals surface area contributed by atoms with E-state index in [-0.39, 0.29) is 11.9 Å². The second-order valence-electron chi connectivity index (χ2n) is 5.67. The van der Waals surface area contributed by atoms with Gasteiger partial charge in [-0.05, 0) is 37.0 Å². The fraction of sp³-hybridized carbons (Fsp3) is 0.533. The Hall–Kier alpha value is -0.910. The minimum absolute atomic E-state index is 0.0393. The number of ether oxygens (including phenoxy) is 1. The molecule has 2 unspecified atom stereocenters. The first-order chi connectivity index (χ1) is 9.60. The molecule has 2 atom stereocenters. The van der Waals surface area contributed by atoms with Crippen LogP contribution in [0.25, 0.3) is 0 Å². The molecule has 1 aromatic carbocycles. The normalized spacial score (nSPS) is 29.9. The maximum atomic E-state index is 12.7. The van der Waals surface area contributed by atoms with Gasteiger partial charge in [0.1, 0.15) is 5.54 Å². The highest BCUT2D eigenvalue weighted by Gasteiger charge is 2.44. The Bertz CT molecular complexity index is 514. The van der Waals surface area contributed by atoms with E-state index in [4.69, 9.17) is 10.5 Å². The van der Waals surface area contributed by atoms with E-state index in [2.05, 4.69) is 28.1 Å². The molecule has 2 N–H and O–H groups in total. The molecule has 0 aromatic heterocycles. The van der Waals surface area contributed by atoms with E-state index < -0.39 is 5.54 Å². The average molecular weight is 339 g/mol. The van der Waals surface area contributed by atoms with Gasteiger partial charge in [-0.25, -0.2) is 0 Å². The molecule has 5 heteroatoms. The Labute approximate surface area is 127 Å². The summed E-state index contributed by atoms with van der Waals surface area (Å²) >= 11 is 3.49. The third kappa shape index (κ3) is 2.50. The number of likely N-dealkylation sites (tertiary alicyclic amines) is 1. The second-order valence-corrected chi connectivity index (χ2v) is 6.59. The molecule has 2 fully saturated rings. The van der Waals surface area contributed by atoms with Gasteiger partial charge in [0.2, 0.25) is 5.91 Å². The predicted octanol–water partition coefficient (Wildman–Crippen LogP) is 2.23. The second kappa shape index (κ2) is 5.47. The number of benzene rings is 1. The summed E-state index contributed by atoms with van der Waals surface area (Å²) in [5.41, 5.74) is 6.58. The van der Waals surface area contributed by atoms with E-state index in [0.717, 1.165) is 23.9 Å². The summed E-state index contributed by atoms with van der Waals surface area (Å²) in [6.45, 7) is 1.71. The lowest BCUT2D eigenvalue weighted by molar-refractivity contribution is -0.138. The fourth-order valence-corrected chi connectivity index (χ4v) is 3.52. The van der Waals surface area contributed by atoms with Crippen molar-refractivity contribution in [2.75, 3.05) is 19.8 Å². The van der Waals surface area contributed by atoms with Gasteiger partial charge in [-0.1, -0.05) is 28.1 Å². The lowest BCUT2D eigenvalue weighted by Crippen LogP contribution is -2.55. The van der Waals surface area contributed by atoms with Gasteiger partial charge in [0.05, 0.1) is 12.6 Å². The van der Waals surface area contributed by atoms with Crippen LogP contribution < -0.4 is 5.73 Å². The van der Waals surface area contributed by atoms with Gasteiger partial charge in [0.25, 0.3) is 0 Å². The molecule has 2 aliphatic rings. The predicted molar refractivity (Wildman–Crippen MR) is 80.2 cm³/mol. The van der Waals surface area contributed by atoms with Gasteiger partial charge in [-0.2, -0.15) is 0 Å². The number of halogens is 1. The van der Waals surface area contributed by atoms with Crippen LogP contribution in [-0.4, -0.2) is 36.1 Å². The van der Waals surface area contributed by atoms with Crippen LogP contribution in [0.2, 0.25) is 0 Å². The van der Waals surface area contributed by atoms with Crippen LogP contribution in [0.3, 0.4) is 0 Å². The van der Waals surface area contributed by atoms with Crippen molar-refractivity contribution >= 4 is 21.8 Å². The molecule has 0 spiro atoms. The number of nitrogens with zero attached hydrogens (tertiary/aromatic N) is 1. The Morgan fingerprint density at radius 3 is 3.05 bits per heavy atom. The maximum Gasteiger partial charge on any atom is 0.245 e.